The molecule has 0 aromatic carbocycles. The largest absolute Gasteiger partial charge is 0.327 e. The molecule has 1 aromatic rings. The predicted molar refractivity (Wildman–Crippen MR) is 56.4 cm³/mol. The van der Waals surface area contributed by atoms with Crippen LogP contribution in [0.2, 0.25) is 0 Å². The lowest BCUT2D eigenvalue weighted by Gasteiger charge is -2.01. The van der Waals surface area contributed by atoms with Gasteiger partial charge in [-0.15, -0.1) is 0 Å². The molecule has 0 aliphatic heterocycles. The third-order valence-electron chi connectivity index (χ3n) is 3.02. The number of pyridine rings is 1. The summed E-state index contributed by atoms with van der Waals surface area (Å²) in [6, 6.07) is 4.35. The highest BCUT2D eigenvalue weighted by atomic mass is 79.9. The Bertz CT molecular complexity index is 318. The van der Waals surface area contributed by atoms with Crippen molar-refractivity contribution < 1.29 is 0 Å². The SMILES string of the molecule is CC1(C)[C@@H](N)[C@@H]1c1ccc(Br)nc1. The first-order valence-corrected chi connectivity index (χ1v) is 5.20. The molecule has 2 atom stereocenters. The molecule has 3 heteroatoms. The van der Waals surface area contributed by atoms with Gasteiger partial charge in [0.2, 0.25) is 0 Å². The van der Waals surface area contributed by atoms with E-state index >= 15 is 0 Å². The topological polar surface area (TPSA) is 38.9 Å². The second-order valence-electron chi connectivity index (χ2n) is 4.24. The molecule has 0 unspecified atom stereocenters. The molecule has 70 valence electrons. The fourth-order valence-corrected chi connectivity index (χ4v) is 2.12. The van der Waals surface area contributed by atoms with Crippen molar-refractivity contribution in [2.75, 3.05) is 0 Å². The molecule has 2 nitrogen and oxygen atoms in total. The van der Waals surface area contributed by atoms with Crippen molar-refractivity contribution in [2.45, 2.75) is 25.8 Å². The van der Waals surface area contributed by atoms with Crippen molar-refractivity contribution in [3.8, 4) is 0 Å². The second kappa shape index (κ2) is 2.79. The Morgan fingerprint density at radius 1 is 1.46 bits per heavy atom. The summed E-state index contributed by atoms with van der Waals surface area (Å²) in [6.07, 6.45) is 1.91. The lowest BCUT2D eigenvalue weighted by Crippen LogP contribution is -2.06. The van der Waals surface area contributed by atoms with Crippen LogP contribution in [0.15, 0.2) is 22.9 Å². The van der Waals surface area contributed by atoms with E-state index in [-0.39, 0.29) is 11.5 Å². The Balaban J connectivity index is 2.25. The number of rotatable bonds is 1. The highest BCUT2D eigenvalue weighted by Gasteiger charge is 2.56. The zero-order chi connectivity index (χ0) is 9.64. The Labute approximate surface area is 86.7 Å². The van der Waals surface area contributed by atoms with E-state index < -0.39 is 0 Å². The highest BCUT2D eigenvalue weighted by molar-refractivity contribution is 9.10. The van der Waals surface area contributed by atoms with Gasteiger partial charge in [-0.3, -0.25) is 0 Å². The summed E-state index contributed by atoms with van der Waals surface area (Å²) in [5.41, 5.74) is 7.47. The molecule has 0 saturated heterocycles. The Morgan fingerprint density at radius 3 is 2.46 bits per heavy atom. The zero-order valence-electron chi connectivity index (χ0n) is 7.79. The van der Waals surface area contributed by atoms with Crippen LogP contribution in [-0.2, 0) is 0 Å². The van der Waals surface area contributed by atoms with E-state index in [0.29, 0.717) is 5.92 Å². The maximum absolute atomic E-state index is 5.97. The van der Waals surface area contributed by atoms with Crippen molar-refractivity contribution in [3.63, 3.8) is 0 Å². The van der Waals surface area contributed by atoms with Gasteiger partial charge in [-0.25, -0.2) is 4.98 Å². The first-order valence-electron chi connectivity index (χ1n) is 4.40. The van der Waals surface area contributed by atoms with E-state index in [1.54, 1.807) is 0 Å². The minimum atomic E-state index is 0.246. The molecule has 2 rings (SSSR count). The van der Waals surface area contributed by atoms with Crippen molar-refractivity contribution in [2.24, 2.45) is 11.1 Å². The van der Waals surface area contributed by atoms with Gasteiger partial charge in [0.15, 0.2) is 0 Å². The number of halogens is 1. The standard InChI is InChI=1S/C10H13BrN2/c1-10(2)8(9(10)12)6-3-4-7(11)13-5-6/h3-5,8-9H,12H2,1-2H3/t8-,9-/m0/s1. The van der Waals surface area contributed by atoms with E-state index in [4.69, 9.17) is 5.73 Å². The van der Waals surface area contributed by atoms with Crippen molar-refractivity contribution in [1.82, 2.24) is 4.98 Å². The fraction of sp³-hybridized carbons (Fsp3) is 0.500. The summed E-state index contributed by atoms with van der Waals surface area (Å²) in [7, 11) is 0. The minimum Gasteiger partial charge on any atom is -0.327 e. The van der Waals surface area contributed by atoms with E-state index in [1.165, 1.54) is 5.56 Å². The van der Waals surface area contributed by atoms with Crippen LogP contribution in [0.3, 0.4) is 0 Å². The molecule has 1 saturated carbocycles. The summed E-state index contributed by atoms with van der Waals surface area (Å²) >= 11 is 3.32. The molecule has 1 aromatic heterocycles. The summed E-state index contributed by atoms with van der Waals surface area (Å²) in [5.74, 6) is 0.480. The van der Waals surface area contributed by atoms with Crippen LogP contribution in [0.25, 0.3) is 0 Å². The molecule has 0 bridgehead atoms. The number of aromatic nitrogens is 1. The van der Waals surface area contributed by atoms with Gasteiger partial charge in [0.1, 0.15) is 4.60 Å². The van der Waals surface area contributed by atoms with Gasteiger partial charge in [-0.05, 0) is 33.0 Å². The summed E-state index contributed by atoms with van der Waals surface area (Å²) in [6.45, 7) is 4.40. The predicted octanol–water partition coefficient (Wildman–Crippen LogP) is 2.29. The van der Waals surface area contributed by atoms with Crippen molar-refractivity contribution >= 4 is 15.9 Å². The van der Waals surface area contributed by atoms with Crippen molar-refractivity contribution in [1.29, 1.82) is 0 Å². The lowest BCUT2D eigenvalue weighted by atomic mass is 10.1. The third-order valence-corrected chi connectivity index (χ3v) is 3.49. The van der Waals surface area contributed by atoms with E-state index in [0.717, 1.165) is 4.60 Å². The number of nitrogens with two attached hydrogens (primary N) is 1. The molecule has 0 spiro atoms. The zero-order valence-corrected chi connectivity index (χ0v) is 9.38. The van der Waals surface area contributed by atoms with Gasteiger partial charge in [-0.1, -0.05) is 19.9 Å². The van der Waals surface area contributed by atoms with E-state index in [2.05, 4.69) is 40.8 Å². The second-order valence-corrected chi connectivity index (χ2v) is 5.05. The maximum atomic E-state index is 5.97. The first kappa shape index (κ1) is 9.16. The van der Waals surface area contributed by atoms with Crippen LogP contribution >= 0.6 is 15.9 Å². The molecule has 1 fully saturated rings. The fourth-order valence-electron chi connectivity index (χ4n) is 1.89. The molecular weight excluding hydrogens is 228 g/mol. The Hall–Kier alpha value is -0.410. The van der Waals surface area contributed by atoms with Gasteiger partial charge in [0.25, 0.3) is 0 Å². The number of hydrogen-bond acceptors (Lipinski definition) is 2. The van der Waals surface area contributed by atoms with Gasteiger partial charge in [0, 0.05) is 18.2 Å². The minimum absolute atomic E-state index is 0.246. The Kier molecular flexibility index (Phi) is 1.96. The van der Waals surface area contributed by atoms with Crippen LogP contribution in [0.1, 0.15) is 25.3 Å². The van der Waals surface area contributed by atoms with E-state index in [9.17, 15) is 0 Å². The average Bonchev–Trinajstić information content (AvgIpc) is 2.55. The van der Waals surface area contributed by atoms with Gasteiger partial charge < -0.3 is 5.73 Å². The smallest absolute Gasteiger partial charge is 0.106 e. The normalized spacial score (nSPS) is 30.2. The first-order chi connectivity index (χ1) is 6.03. The third kappa shape index (κ3) is 1.40. The molecule has 1 aliphatic rings. The molecule has 1 aliphatic carbocycles. The molecule has 1 heterocycles. The van der Waals surface area contributed by atoms with Crippen LogP contribution in [0, 0.1) is 5.41 Å². The van der Waals surface area contributed by atoms with Crippen LogP contribution in [0.4, 0.5) is 0 Å². The maximum Gasteiger partial charge on any atom is 0.106 e. The summed E-state index contributed by atoms with van der Waals surface area (Å²) in [4.78, 5) is 4.20. The monoisotopic (exact) mass is 240 g/mol. The Morgan fingerprint density at radius 2 is 2.08 bits per heavy atom. The molecule has 0 amide bonds. The quantitative estimate of drug-likeness (QED) is 0.766. The summed E-state index contributed by atoms with van der Waals surface area (Å²) < 4.78 is 0.878. The van der Waals surface area contributed by atoms with E-state index in [1.807, 2.05) is 12.3 Å². The highest BCUT2D eigenvalue weighted by Crippen LogP contribution is 2.57. The number of nitrogens with zero attached hydrogens (tertiary/aromatic N) is 1. The molecule has 0 radical (unpaired) electrons. The van der Waals surface area contributed by atoms with Crippen molar-refractivity contribution in [3.05, 3.63) is 28.5 Å². The van der Waals surface area contributed by atoms with Gasteiger partial charge >= 0.3 is 0 Å². The average molecular weight is 241 g/mol. The number of hydrogen-bond donors (Lipinski definition) is 1. The van der Waals surface area contributed by atoms with Crippen LogP contribution < -0.4 is 5.73 Å². The molecule has 2 N–H and O–H groups in total. The van der Waals surface area contributed by atoms with Gasteiger partial charge in [0.05, 0.1) is 0 Å². The lowest BCUT2D eigenvalue weighted by molar-refractivity contribution is 0.598. The van der Waals surface area contributed by atoms with Crippen LogP contribution in [0.5, 0.6) is 0 Å². The van der Waals surface area contributed by atoms with Crippen LogP contribution in [-0.4, -0.2) is 11.0 Å². The van der Waals surface area contributed by atoms with Gasteiger partial charge in [-0.2, -0.15) is 0 Å². The molecular formula is C10H13BrN2. The summed E-state index contributed by atoms with van der Waals surface area (Å²) in [5, 5.41) is 0. The molecule has 13 heavy (non-hydrogen) atoms.